The lowest BCUT2D eigenvalue weighted by atomic mass is 10.3. The third-order valence-electron chi connectivity index (χ3n) is 2.63. The Bertz CT molecular complexity index is 745. The number of anilines is 1. The van der Waals surface area contributed by atoms with Crippen molar-refractivity contribution in [1.82, 2.24) is 5.43 Å². The van der Waals surface area contributed by atoms with Crippen LogP contribution in [0.1, 0.15) is 10.4 Å². The minimum Gasteiger partial charge on any atom is -0.318 e. The number of nitrogens with one attached hydrogen (secondary N) is 2. The topological polar surface area (TPSA) is 70.6 Å². The molecule has 1 aromatic carbocycles. The van der Waals surface area contributed by atoms with Crippen LogP contribution in [-0.4, -0.2) is 18.0 Å². The van der Waals surface area contributed by atoms with Gasteiger partial charge < -0.3 is 5.32 Å². The second-order valence-corrected chi connectivity index (χ2v) is 5.60. The smallest absolute Gasteiger partial charge is 0.318 e. The molecule has 0 saturated carbocycles. The molecule has 2 N–H and O–H groups in total. The number of carbonyl (C=O) groups excluding carboxylic acids is 2. The van der Waals surface area contributed by atoms with Crippen LogP contribution in [0.5, 0.6) is 0 Å². The summed E-state index contributed by atoms with van der Waals surface area (Å²) in [4.78, 5) is 24.1. The number of thiophene rings is 1. The fourth-order valence-corrected chi connectivity index (χ4v) is 2.45. The van der Waals surface area contributed by atoms with Gasteiger partial charge in [-0.3, -0.25) is 9.59 Å². The highest BCUT2D eigenvalue weighted by Crippen LogP contribution is 2.19. The molecule has 0 aliphatic rings. The maximum atomic E-state index is 13.0. The maximum absolute atomic E-state index is 13.0. The molecule has 0 aliphatic carbocycles. The first-order valence-electron chi connectivity index (χ1n) is 6.11. The number of halogens is 2. The molecular formula is C14H11ClFN3O2S. The fourth-order valence-electron chi connectivity index (χ4n) is 1.48. The van der Waals surface area contributed by atoms with E-state index in [0.29, 0.717) is 0 Å². The lowest BCUT2D eigenvalue weighted by Gasteiger charge is -2.04. The van der Waals surface area contributed by atoms with Gasteiger partial charge in [-0.2, -0.15) is 5.10 Å². The molecule has 0 spiro atoms. The van der Waals surface area contributed by atoms with E-state index in [1.165, 1.54) is 29.7 Å². The Labute approximate surface area is 134 Å². The van der Waals surface area contributed by atoms with E-state index in [0.717, 1.165) is 16.5 Å². The van der Waals surface area contributed by atoms with E-state index in [1.807, 2.05) is 18.4 Å². The Morgan fingerprint density at radius 1 is 1.32 bits per heavy atom. The van der Waals surface area contributed by atoms with Crippen LogP contribution in [0.25, 0.3) is 0 Å². The molecule has 1 aromatic heterocycles. The Hall–Kier alpha value is -2.25. The Balaban J connectivity index is 1.92. The van der Waals surface area contributed by atoms with Gasteiger partial charge in [0.05, 0.1) is 11.2 Å². The molecule has 0 bridgehead atoms. The first kappa shape index (κ1) is 16.1. The first-order chi connectivity index (χ1) is 10.5. The largest absolute Gasteiger partial charge is 0.329 e. The number of carbonyl (C=O) groups is 2. The molecule has 2 amide bonds. The van der Waals surface area contributed by atoms with E-state index in [-0.39, 0.29) is 10.7 Å². The second kappa shape index (κ2) is 7.15. The van der Waals surface area contributed by atoms with Crippen molar-refractivity contribution in [1.29, 1.82) is 0 Å². The van der Waals surface area contributed by atoms with Crippen molar-refractivity contribution in [2.24, 2.45) is 5.10 Å². The van der Waals surface area contributed by atoms with E-state index < -0.39 is 17.6 Å². The zero-order valence-corrected chi connectivity index (χ0v) is 13.0. The standard InChI is InChI=1S/C14H11ClFN3O2S/c1-8-4-5-22-12(8)7-17-19-14(21)13(20)18-9-2-3-11(16)10(15)6-9/h2-7H,1H3,(H,18,20)(H,19,21)/b17-7+. The van der Waals surface area contributed by atoms with E-state index in [2.05, 4.69) is 15.8 Å². The van der Waals surface area contributed by atoms with Crippen LogP contribution in [0.4, 0.5) is 10.1 Å². The van der Waals surface area contributed by atoms with Crippen LogP contribution < -0.4 is 10.7 Å². The van der Waals surface area contributed by atoms with Crippen molar-refractivity contribution in [3.63, 3.8) is 0 Å². The number of rotatable bonds is 3. The van der Waals surface area contributed by atoms with Gasteiger partial charge in [0.1, 0.15) is 5.82 Å². The molecular weight excluding hydrogens is 329 g/mol. The first-order valence-corrected chi connectivity index (χ1v) is 7.36. The summed E-state index contributed by atoms with van der Waals surface area (Å²) in [6.07, 6.45) is 1.46. The molecule has 8 heteroatoms. The third kappa shape index (κ3) is 4.12. The van der Waals surface area contributed by atoms with Gasteiger partial charge in [0.2, 0.25) is 0 Å². The van der Waals surface area contributed by atoms with Crippen molar-refractivity contribution in [2.45, 2.75) is 6.92 Å². The zero-order chi connectivity index (χ0) is 16.1. The molecule has 114 valence electrons. The Morgan fingerprint density at radius 2 is 2.09 bits per heavy atom. The Kier molecular flexibility index (Phi) is 5.24. The van der Waals surface area contributed by atoms with Gasteiger partial charge in [-0.15, -0.1) is 11.3 Å². The average molecular weight is 340 g/mol. The van der Waals surface area contributed by atoms with Crippen molar-refractivity contribution < 1.29 is 14.0 Å². The summed E-state index contributed by atoms with van der Waals surface area (Å²) in [5, 5.41) is 7.74. The average Bonchev–Trinajstić information content (AvgIpc) is 2.88. The van der Waals surface area contributed by atoms with Crippen LogP contribution >= 0.6 is 22.9 Å². The summed E-state index contributed by atoms with van der Waals surface area (Å²) in [6, 6.07) is 5.51. The zero-order valence-electron chi connectivity index (χ0n) is 11.4. The van der Waals surface area contributed by atoms with Gasteiger partial charge in [0.25, 0.3) is 0 Å². The number of aryl methyl sites for hydroxylation is 1. The molecule has 0 atom stereocenters. The summed E-state index contributed by atoms with van der Waals surface area (Å²) in [5.74, 6) is -2.48. The summed E-state index contributed by atoms with van der Waals surface area (Å²) >= 11 is 7.05. The molecule has 5 nitrogen and oxygen atoms in total. The van der Waals surface area contributed by atoms with E-state index >= 15 is 0 Å². The minimum absolute atomic E-state index is 0.149. The Morgan fingerprint density at radius 3 is 2.73 bits per heavy atom. The molecule has 0 fully saturated rings. The number of hydrogen-bond donors (Lipinski definition) is 2. The summed E-state index contributed by atoms with van der Waals surface area (Å²) < 4.78 is 13.0. The number of benzene rings is 1. The predicted octanol–water partition coefficient (Wildman–Crippen LogP) is 2.94. The third-order valence-corrected chi connectivity index (χ3v) is 3.88. The van der Waals surface area contributed by atoms with Crippen LogP contribution in [-0.2, 0) is 9.59 Å². The molecule has 2 aromatic rings. The normalized spacial score (nSPS) is 10.7. The highest BCUT2D eigenvalue weighted by atomic mass is 35.5. The van der Waals surface area contributed by atoms with E-state index in [9.17, 15) is 14.0 Å². The van der Waals surface area contributed by atoms with E-state index in [4.69, 9.17) is 11.6 Å². The van der Waals surface area contributed by atoms with Crippen molar-refractivity contribution in [3.05, 3.63) is 50.9 Å². The highest BCUT2D eigenvalue weighted by molar-refractivity contribution is 7.11. The van der Waals surface area contributed by atoms with E-state index in [1.54, 1.807) is 0 Å². The lowest BCUT2D eigenvalue weighted by molar-refractivity contribution is -0.136. The number of nitrogens with zero attached hydrogens (tertiary/aromatic N) is 1. The van der Waals surface area contributed by atoms with Gasteiger partial charge in [-0.05, 0) is 42.1 Å². The van der Waals surface area contributed by atoms with Gasteiger partial charge in [0, 0.05) is 10.6 Å². The summed E-state index contributed by atoms with van der Waals surface area (Å²) in [7, 11) is 0. The van der Waals surface area contributed by atoms with Crippen molar-refractivity contribution in [3.8, 4) is 0 Å². The molecule has 0 radical (unpaired) electrons. The number of amides is 2. The van der Waals surface area contributed by atoms with Crippen molar-refractivity contribution in [2.75, 3.05) is 5.32 Å². The molecule has 0 saturated heterocycles. The lowest BCUT2D eigenvalue weighted by Crippen LogP contribution is -2.32. The molecule has 22 heavy (non-hydrogen) atoms. The van der Waals surface area contributed by atoms with Crippen LogP contribution in [0.15, 0.2) is 34.7 Å². The molecule has 0 aliphatic heterocycles. The number of hydrogen-bond acceptors (Lipinski definition) is 4. The van der Waals surface area contributed by atoms with Gasteiger partial charge in [-0.25, -0.2) is 9.82 Å². The van der Waals surface area contributed by atoms with Crippen LogP contribution in [0, 0.1) is 12.7 Å². The minimum atomic E-state index is -0.939. The number of hydrazone groups is 1. The van der Waals surface area contributed by atoms with Gasteiger partial charge in [0.15, 0.2) is 0 Å². The SMILES string of the molecule is Cc1ccsc1/C=N/NC(=O)C(=O)Nc1ccc(F)c(Cl)c1. The quantitative estimate of drug-likeness (QED) is 0.513. The van der Waals surface area contributed by atoms with Crippen LogP contribution in [0.2, 0.25) is 5.02 Å². The summed E-state index contributed by atoms with van der Waals surface area (Å²) in [5.41, 5.74) is 3.35. The van der Waals surface area contributed by atoms with Gasteiger partial charge >= 0.3 is 11.8 Å². The molecule has 0 unspecified atom stereocenters. The van der Waals surface area contributed by atoms with Gasteiger partial charge in [-0.1, -0.05) is 11.6 Å². The molecule has 1 heterocycles. The molecule has 2 rings (SSSR count). The highest BCUT2D eigenvalue weighted by Gasteiger charge is 2.13. The summed E-state index contributed by atoms with van der Waals surface area (Å²) in [6.45, 7) is 1.91. The monoisotopic (exact) mass is 339 g/mol. The fraction of sp³-hybridized carbons (Fsp3) is 0.0714. The van der Waals surface area contributed by atoms with Crippen LogP contribution in [0.3, 0.4) is 0 Å². The van der Waals surface area contributed by atoms with Crippen molar-refractivity contribution >= 4 is 46.7 Å². The maximum Gasteiger partial charge on any atom is 0.329 e. The predicted molar refractivity (Wildman–Crippen MR) is 84.8 cm³/mol. The second-order valence-electron chi connectivity index (χ2n) is 4.25.